The molecule has 0 aliphatic carbocycles. The van der Waals surface area contributed by atoms with E-state index in [0.29, 0.717) is 13.2 Å². The van der Waals surface area contributed by atoms with Crippen LogP contribution >= 0.6 is 0 Å². The van der Waals surface area contributed by atoms with Gasteiger partial charge >= 0.3 is 6.09 Å². The second kappa shape index (κ2) is 9.67. The second-order valence-electron chi connectivity index (χ2n) is 11.3. The van der Waals surface area contributed by atoms with E-state index >= 15 is 0 Å². The fourth-order valence-electron chi connectivity index (χ4n) is 3.31. The first kappa shape index (κ1) is 26.4. The molecule has 172 valence electrons. The molecule has 1 fully saturated rings. The zero-order valence-electron chi connectivity index (χ0n) is 20.4. The van der Waals surface area contributed by atoms with E-state index in [1.54, 1.807) is 4.90 Å². The summed E-state index contributed by atoms with van der Waals surface area (Å²) in [6.45, 7) is 22.0. The van der Waals surface area contributed by atoms with Crippen molar-refractivity contribution in [2.24, 2.45) is 5.92 Å². The zero-order valence-corrected chi connectivity index (χ0v) is 21.4. The van der Waals surface area contributed by atoms with Crippen LogP contribution in [0.4, 0.5) is 4.79 Å². The normalized spacial score (nSPS) is 21.3. The lowest BCUT2D eigenvalue weighted by Crippen LogP contribution is -2.50. The summed E-state index contributed by atoms with van der Waals surface area (Å²) < 4.78 is 18.1. The fourth-order valence-corrected chi connectivity index (χ4v) is 4.40. The van der Waals surface area contributed by atoms with Crippen molar-refractivity contribution >= 4 is 14.4 Å². The summed E-state index contributed by atoms with van der Waals surface area (Å²) in [5.74, 6) is 0.253. The lowest BCUT2D eigenvalue weighted by molar-refractivity contribution is -0.0633. The van der Waals surface area contributed by atoms with Gasteiger partial charge in [-0.3, -0.25) is 4.90 Å². The highest BCUT2D eigenvalue weighted by Crippen LogP contribution is 2.38. The number of hydrogen-bond donors (Lipinski definition) is 1. The third-order valence-corrected chi connectivity index (χ3v) is 10.5. The van der Waals surface area contributed by atoms with E-state index in [9.17, 15) is 9.90 Å². The molecule has 1 N–H and O–H groups in total. The summed E-state index contributed by atoms with van der Waals surface area (Å²) in [4.78, 5) is 14.6. The summed E-state index contributed by atoms with van der Waals surface area (Å²) in [5.41, 5.74) is -1.25. The van der Waals surface area contributed by atoms with Gasteiger partial charge in [-0.2, -0.15) is 0 Å². The Morgan fingerprint density at radius 1 is 1.24 bits per heavy atom. The molecule has 0 spiro atoms. The first-order valence-electron chi connectivity index (χ1n) is 10.9. The van der Waals surface area contributed by atoms with Crippen LogP contribution in [0.5, 0.6) is 0 Å². The molecule has 1 unspecified atom stereocenters. The lowest BCUT2D eigenvalue weighted by atomic mass is 9.95. The monoisotopic (exact) mass is 431 g/mol. The van der Waals surface area contributed by atoms with Crippen LogP contribution in [0.1, 0.15) is 74.7 Å². The molecule has 7 heteroatoms. The average Bonchev–Trinajstić information content (AvgIpc) is 2.81. The number of carbonyl (C=O) groups excluding carboxylic acids is 1. The van der Waals surface area contributed by atoms with Crippen molar-refractivity contribution in [3.63, 3.8) is 0 Å². The van der Waals surface area contributed by atoms with Crippen LogP contribution in [0.25, 0.3) is 0 Å². The van der Waals surface area contributed by atoms with Crippen molar-refractivity contribution < 1.29 is 23.8 Å². The maximum absolute atomic E-state index is 12.9. The highest BCUT2D eigenvalue weighted by atomic mass is 28.4. The van der Waals surface area contributed by atoms with Gasteiger partial charge in [-0.15, -0.1) is 0 Å². The maximum atomic E-state index is 12.9. The van der Waals surface area contributed by atoms with Crippen LogP contribution < -0.4 is 0 Å². The number of aliphatic hydroxyl groups is 1. The van der Waals surface area contributed by atoms with Crippen molar-refractivity contribution in [1.82, 2.24) is 4.90 Å². The first-order valence-corrected chi connectivity index (χ1v) is 13.8. The van der Waals surface area contributed by atoms with E-state index in [1.165, 1.54) is 0 Å². The van der Waals surface area contributed by atoms with Gasteiger partial charge in [0, 0.05) is 13.2 Å². The summed E-state index contributed by atoms with van der Waals surface area (Å²) in [5, 5.41) is 9.49. The highest BCUT2D eigenvalue weighted by molar-refractivity contribution is 6.74. The number of ether oxygens (including phenoxy) is 2. The van der Waals surface area contributed by atoms with E-state index in [2.05, 4.69) is 33.9 Å². The van der Waals surface area contributed by atoms with Gasteiger partial charge in [0.2, 0.25) is 0 Å². The Bertz CT molecular complexity index is 536. The van der Waals surface area contributed by atoms with Crippen LogP contribution in [-0.2, 0) is 13.9 Å². The molecule has 0 saturated carbocycles. The van der Waals surface area contributed by atoms with Gasteiger partial charge in [0.15, 0.2) is 8.32 Å². The molecule has 1 aliphatic rings. The molecule has 0 radical (unpaired) electrons. The van der Waals surface area contributed by atoms with Crippen molar-refractivity contribution in [3.8, 4) is 0 Å². The smallest absolute Gasteiger partial charge is 0.412 e. The Balaban J connectivity index is 2.91. The van der Waals surface area contributed by atoms with Gasteiger partial charge in [-0.25, -0.2) is 4.79 Å². The van der Waals surface area contributed by atoms with E-state index in [-0.39, 0.29) is 29.7 Å². The molecule has 6 nitrogen and oxygen atoms in total. The third kappa shape index (κ3) is 7.85. The summed E-state index contributed by atoms with van der Waals surface area (Å²) in [7, 11) is -1.86. The molecule has 1 heterocycles. The molecule has 1 saturated heterocycles. The topological polar surface area (TPSA) is 68.2 Å². The standard InChI is InChI=1S/C22H45NO5Si/c1-20(2,3)28-19(25)23-18(16-26-22(23,7)8)14-17(12-11-13-24)15-27-29(9,10)21(4,5)6/h17-18,24H,11-16H2,1-10H3/t17-,18?/m1/s1. The molecule has 29 heavy (non-hydrogen) atoms. The largest absolute Gasteiger partial charge is 0.444 e. The molecule has 0 aromatic carbocycles. The SMILES string of the molecule is CC(C)(C)OC(=O)N1C(C[C@@H](CCCO)CO[Si](C)(C)C(C)(C)C)COC1(C)C. The minimum atomic E-state index is -1.86. The number of rotatable bonds is 8. The Labute approximate surface area is 179 Å². The maximum Gasteiger partial charge on any atom is 0.412 e. The number of carbonyl (C=O) groups is 1. The highest BCUT2D eigenvalue weighted by Gasteiger charge is 2.46. The van der Waals surface area contributed by atoms with E-state index in [1.807, 2.05) is 34.6 Å². The zero-order chi connectivity index (χ0) is 22.7. The van der Waals surface area contributed by atoms with Crippen LogP contribution in [0.2, 0.25) is 18.1 Å². The van der Waals surface area contributed by atoms with Gasteiger partial charge in [0.25, 0.3) is 0 Å². The molecule has 2 atom stereocenters. The quantitative estimate of drug-likeness (QED) is 0.538. The Morgan fingerprint density at radius 3 is 2.31 bits per heavy atom. The Hall–Kier alpha value is -0.633. The lowest BCUT2D eigenvalue weighted by Gasteiger charge is -2.38. The predicted octanol–water partition coefficient (Wildman–Crippen LogP) is 5.16. The second-order valence-corrected chi connectivity index (χ2v) is 16.1. The van der Waals surface area contributed by atoms with Crippen molar-refractivity contribution in [1.29, 1.82) is 0 Å². The summed E-state index contributed by atoms with van der Waals surface area (Å²) >= 11 is 0. The van der Waals surface area contributed by atoms with Gasteiger partial charge in [0.1, 0.15) is 11.3 Å². The van der Waals surface area contributed by atoms with Crippen molar-refractivity contribution in [3.05, 3.63) is 0 Å². The molecule has 0 bridgehead atoms. The molecule has 1 amide bonds. The van der Waals surface area contributed by atoms with Crippen molar-refractivity contribution in [2.75, 3.05) is 19.8 Å². The molecule has 0 aromatic rings. The summed E-state index contributed by atoms with van der Waals surface area (Å²) in [6.07, 6.45) is 2.03. The van der Waals surface area contributed by atoms with E-state index in [0.717, 1.165) is 19.3 Å². The molecule has 1 aliphatic heterocycles. The van der Waals surface area contributed by atoms with Crippen molar-refractivity contribution in [2.45, 2.75) is 110 Å². The van der Waals surface area contributed by atoms with E-state index < -0.39 is 19.6 Å². The minimum absolute atomic E-state index is 0.0634. The van der Waals surface area contributed by atoms with Gasteiger partial charge in [-0.05, 0) is 77.9 Å². The minimum Gasteiger partial charge on any atom is -0.444 e. The van der Waals surface area contributed by atoms with E-state index in [4.69, 9.17) is 13.9 Å². The van der Waals surface area contributed by atoms with Gasteiger partial charge in [-0.1, -0.05) is 20.8 Å². The van der Waals surface area contributed by atoms with Crippen LogP contribution in [-0.4, -0.2) is 61.6 Å². The third-order valence-electron chi connectivity index (χ3n) is 6.03. The van der Waals surface area contributed by atoms with Gasteiger partial charge in [0.05, 0.1) is 12.6 Å². The molecule has 1 rings (SSSR count). The summed E-state index contributed by atoms with van der Waals surface area (Å²) in [6, 6.07) is -0.0634. The molecular weight excluding hydrogens is 386 g/mol. The van der Waals surface area contributed by atoms with Crippen LogP contribution in [0.3, 0.4) is 0 Å². The van der Waals surface area contributed by atoms with Crippen LogP contribution in [0, 0.1) is 5.92 Å². The van der Waals surface area contributed by atoms with Crippen LogP contribution in [0.15, 0.2) is 0 Å². The Kier molecular flexibility index (Phi) is 8.80. The number of aliphatic hydroxyl groups excluding tert-OH is 1. The predicted molar refractivity (Wildman–Crippen MR) is 119 cm³/mol. The fraction of sp³-hybridized carbons (Fsp3) is 0.955. The number of amides is 1. The average molecular weight is 432 g/mol. The first-order chi connectivity index (χ1) is 13.0. The number of nitrogens with zero attached hydrogens (tertiary/aromatic N) is 1. The number of hydrogen-bond acceptors (Lipinski definition) is 5. The molecule has 0 aromatic heterocycles. The molecular formula is C22H45NO5Si. The Morgan fingerprint density at radius 2 is 1.83 bits per heavy atom. The van der Waals surface area contributed by atoms with Gasteiger partial charge < -0.3 is 19.0 Å².